The average Bonchev–Trinajstić information content (AvgIpc) is 3.26. The molecular weight excluding hydrogens is 841 g/mol. The topological polar surface area (TPSA) is 180 Å². The van der Waals surface area contributed by atoms with Crippen LogP contribution < -0.4 is 18.9 Å². The number of unbranched alkanes of at least 4 members (excludes halogenated alkanes) is 2. The summed E-state index contributed by atoms with van der Waals surface area (Å²) >= 11 is 0. The second-order valence-corrected chi connectivity index (χ2v) is 19.8. The van der Waals surface area contributed by atoms with Crippen molar-refractivity contribution < 1.29 is 54.4 Å². The fourth-order valence-electron chi connectivity index (χ4n) is 6.08. The number of benzene rings is 6. The van der Waals surface area contributed by atoms with Gasteiger partial charge in [-0.1, -0.05) is 26.7 Å². The van der Waals surface area contributed by atoms with Crippen LogP contribution in [-0.4, -0.2) is 48.0 Å². The van der Waals surface area contributed by atoms with E-state index in [1.165, 1.54) is 121 Å². The van der Waals surface area contributed by atoms with E-state index in [1.807, 2.05) is 13.8 Å². The molecule has 0 radical (unpaired) electrons. The first-order valence-electron chi connectivity index (χ1n) is 19.6. The summed E-state index contributed by atoms with van der Waals surface area (Å²) < 4.78 is 104. The van der Waals surface area contributed by atoms with Gasteiger partial charge < -0.3 is 29.2 Å². The Kier molecular flexibility index (Phi) is 14.3. The van der Waals surface area contributed by atoms with Crippen molar-refractivity contribution >= 4 is 29.5 Å². The van der Waals surface area contributed by atoms with Crippen molar-refractivity contribution in [1.82, 2.24) is 0 Å². The van der Waals surface area contributed by atoms with Gasteiger partial charge in [-0.3, -0.25) is 0 Å². The molecule has 0 aliphatic rings. The van der Waals surface area contributed by atoms with Crippen LogP contribution in [0.1, 0.15) is 52.4 Å². The Morgan fingerprint density at radius 1 is 0.361 bits per heavy atom. The maximum Gasteiger partial charge on any atom is 0.241 e. The first-order valence-corrected chi connectivity index (χ1v) is 24.0. The van der Waals surface area contributed by atoms with Gasteiger partial charge in [0.15, 0.2) is 0 Å². The zero-order valence-corrected chi connectivity index (χ0v) is 35.9. The van der Waals surface area contributed by atoms with Crippen LogP contribution in [0.15, 0.2) is 175 Å². The van der Waals surface area contributed by atoms with Gasteiger partial charge in [-0.05, 0) is 158 Å². The van der Waals surface area contributed by atoms with Gasteiger partial charge in [0.25, 0.3) is 0 Å². The first-order chi connectivity index (χ1) is 29.2. The molecule has 12 nitrogen and oxygen atoms in total. The van der Waals surface area contributed by atoms with E-state index in [0.717, 1.165) is 25.7 Å². The van der Waals surface area contributed by atoms with Gasteiger partial charge >= 0.3 is 0 Å². The number of phenolic OH excluding ortho intramolecular Hbond substituents is 2. The van der Waals surface area contributed by atoms with Crippen LogP contribution in [0.5, 0.6) is 34.5 Å². The van der Waals surface area contributed by atoms with Gasteiger partial charge in [-0.25, -0.2) is 25.3 Å². The molecule has 0 bridgehead atoms. The molecule has 6 aromatic carbocycles. The van der Waals surface area contributed by atoms with Crippen LogP contribution in [0, 0.1) is 0 Å². The van der Waals surface area contributed by atoms with Gasteiger partial charge in [0.2, 0.25) is 42.1 Å². The second kappa shape index (κ2) is 19.6. The van der Waals surface area contributed by atoms with Crippen molar-refractivity contribution in [2.75, 3.05) is 0 Å². The number of ether oxygens (including phenoxy) is 4. The third kappa shape index (κ3) is 11.2. The lowest BCUT2D eigenvalue weighted by Crippen LogP contribution is -2.24. The van der Waals surface area contributed by atoms with Crippen LogP contribution in [-0.2, 0) is 29.5 Å². The van der Waals surface area contributed by atoms with E-state index in [1.54, 1.807) is 24.3 Å². The largest absolute Gasteiger partial charge is 0.508 e. The molecule has 0 saturated heterocycles. The van der Waals surface area contributed by atoms with E-state index in [4.69, 9.17) is 18.9 Å². The Bertz CT molecular complexity index is 2500. The SMILES string of the molecule is CCCCC(Oc1ccc(S(=O)(=O)c2ccc(O)cc2)cc1)Oc1ccc(S(=O)(=O)c2ccc(OC(CCCC)Oc3ccc(S(=O)(=O)c4ccc(O)cc4)cc3)cc2)cc1. The summed E-state index contributed by atoms with van der Waals surface area (Å²) in [6.07, 6.45) is 2.83. The monoisotopic (exact) mass is 886 g/mol. The Labute approximate surface area is 356 Å². The molecule has 2 unspecified atom stereocenters. The van der Waals surface area contributed by atoms with Gasteiger partial charge in [0.05, 0.1) is 29.4 Å². The minimum absolute atomic E-state index is 0.0387. The fourth-order valence-corrected chi connectivity index (χ4v) is 9.86. The van der Waals surface area contributed by atoms with Crippen LogP contribution in [0.4, 0.5) is 0 Å². The molecule has 0 aliphatic carbocycles. The molecule has 0 aliphatic heterocycles. The van der Waals surface area contributed by atoms with E-state index in [-0.39, 0.29) is 40.9 Å². The van der Waals surface area contributed by atoms with Crippen molar-refractivity contribution in [3.8, 4) is 34.5 Å². The molecule has 0 spiro atoms. The van der Waals surface area contributed by atoms with Crippen molar-refractivity contribution in [3.63, 3.8) is 0 Å². The molecule has 2 N–H and O–H groups in total. The van der Waals surface area contributed by atoms with Crippen LogP contribution in [0.3, 0.4) is 0 Å². The first kappa shape index (κ1) is 44.5. The lowest BCUT2D eigenvalue weighted by molar-refractivity contribution is -0.00252. The van der Waals surface area contributed by atoms with E-state index in [9.17, 15) is 35.5 Å². The normalized spacial score (nSPS) is 12.9. The Morgan fingerprint density at radius 2 is 0.557 bits per heavy atom. The third-order valence-corrected chi connectivity index (χ3v) is 14.8. The number of sulfone groups is 3. The maximum atomic E-state index is 13.6. The molecule has 6 rings (SSSR count). The second-order valence-electron chi connectivity index (χ2n) is 14.0. The highest BCUT2D eigenvalue weighted by atomic mass is 32.2. The summed E-state index contributed by atoms with van der Waals surface area (Å²) in [5.74, 6) is 1.45. The highest BCUT2D eigenvalue weighted by Gasteiger charge is 2.22. The molecule has 0 heterocycles. The number of aromatic hydroxyl groups is 2. The fraction of sp³-hybridized carbons (Fsp3) is 0.217. The quantitative estimate of drug-likeness (QED) is 0.0695. The molecule has 320 valence electrons. The summed E-state index contributed by atoms with van der Waals surface area (Å²) in [4.78, 5) is 0.304. The van der Waals surface area contributed by atoms with Crippen LogP contribution in [0.25, 0.3) is 0 Å². The van der Waals surface area contributed by atoms with E-state index in [2.05, 4.69) is 0 Å². The smallest absolute Gasteiger partial charge is 0.241 e. The van der Waals surface area contributed by atoms with Crippen molar-refractivity contribution in [2.45, 2.75) is 94.3 Å². The molecular formula is C46H46O12S3. The number of phenols is 2. The lowest BCUT2D eigenvalue weighted by atomic mass is 10.2. The summed E-state index contributed by atoms with van der Waals surface area (Å²) in [7, 11) is -11.5. The molecule has 15 heteroatoms. The van der Waals surface area contributed by atoms with Gasteiger partial charge in [0.1, 0.15) is 34.5 Å². The lowest BCUT2D eigenvalue weighted by Gasteiger charge is -2.21. The highest BCUT2D eigenvalue weighted by molar-refractivity contribution is 7.92. The summed E-state index contributed by atoms with van der Waals surface area (Å²) in [5, 5.41) is 19.1. The number of hydrogen-bond donors (Lipinski definition) is 2. The van der Waals surface area contributed by atoms with E-state index in [0.29, 0.717) is 35.8 Å². The Balaban J connectivity index is 1.08. The summed E-state index contributed by atoms with van der Waals surface area (Å²) in [6, 6.07) is 34.4. The molecule has 61 heavy (non-hydrogen) atoms. The minimum atomic E-state index is -3.93. The van der Waals surface area contributed by atoms with Gasteiger partial charge in [0, 0.05) is 12.8 Å². The zero-order valence-electron chi connectivity index (χ0n) is 33.5. The van der Waals surface area contributed by atoms with E-state index < -0.39 is 42.1 Å². The molecule has 2 atom stereocenters. The standard InChI is InChI=1S/C46H46O12S3/c1-3-5-7-45(55-35-13-25-41(26-14-35)59(49,50)39-21-9-33(47)10-22-39)57-37-17-29-43(30-18-37)61(53,54)44-31-19-38(20-32-44)58-46(8-6-4-2)56-36-15-27-42(28-16-36)60(51,52)40-23-11-34(48)12-24-40/h9-32,45-48H,3-8H2,1-2H3. The molecule has 0 saturated carbocycles. The number of hydrogen-bond acceptors (Lipinski definition) is 12. The molecule has 0 aromatic heterocycles. The van der Waals surface area contributed by atoms with Crippen LogP contribution >= 0.6 is 0 Å². The van der Waals surface area contributed by atoms with Gasteiger partial charge in [-0.2, -0.15) is 0 Å². The Hall–Kier alpha value is -6.03. The predicted octanol–water partition coefficient (Wildman–Crippen LogP) is 9.54. The van der Waals surface area contributed by atoms with Gasteiger partial charge in [-0.15, -0.1) is 0 Å². The highest BCUT2D eigenvalue weighted by Crippen LogP contribution is 2.30. The summed E-state index contributed by atoms with van der Waals surface area (Å²) in [6.45, 7) is 4.05. The van der Waals surface area contributed by atoms with Crippen LogP contribution in [0.2, 0.25) is 0 Å². The molecule has 0 amide bonds. The maximum absolute atomic E-state index is 13.6. The zero-order chi connectivity index (χ0) is 43.6. The molecule has 0 fully saturated rings. The predicted molar refractivity (Wildman–Crippen MR) is 227 cm³/mol. The number of rotatable bonds is 20. The van der Waals surface area contributed by atoms with Crippen molar-refractivity contribution in [1.29, 1.82) is 0 Å². The Morgan fingerprint density at radius 3 is 0.754 bits per heavy atom. The van der Waals surface area contributed by atoms with Crippen molar-refractivity contribution in [2.24, 2.45) is 0 Å². The van der Waals surface area contributed by atoms with E-state index >= 15 is 0 Å². The molecule has 6 aromatic rings. The third-order valence-electron chi connectivity index (χ3n) is 9.49. The summed E-state index contributed by atoms with van der Waals surface area (Å²) in [5.41, 5.74) is 0. The van der Waals surface area contributed by atoms with Crippen molar-refractivity contribution in [3.05, 3.63) is 146 Å². The average molecular weight is 887 g/mol. The minimum Gasteiger partial charge on any atom is -0.508 e.